The van der Waals surface area contributed by atoms with Crippen molar-refractivity contribution >= 4 is 34.1 Å². The monoisotopic (exact) mass is 1350 g/mol. The average molecular weight is 1350 g/mol. The van der Waals surface area contributed by atoms with Gasteiger partial charge in [-0.1, -0.05) is 97.1 Å². The van der Waals surface area contributed by atoms with Crippen molar-refractivity contribution in [3.63, 3.8) is 0 Å². The Hall–Kier alpha value is -11.2. The molecule has 0 aliphatic carbocycles. The third kappa shape index (κ3) is 14.3. The highest BCUT2D eigenvalue weighted by molar-refractivity contribution is 5.86. The first kappa shape index (κ1) is 70.6. The van der Waals surface area contributed by atoms with E-state index in [9.17, 15) is 0 Å². The van der Waals surface area contributed by atoms with Gasteiger partial charge in [0.05, 0.1) is 33.6 Å². The van der Waals surface area contributed by atoms with E-state index >= 15 is 0 Å². The Labute approximate surface area is 607 Å². The van der Waals surface area contributed by atoms with Crippen LogP contribution in [0.2, 0.25) is 0 Å². The quantitative estimate of drug-likeness (QED) is 0.126. The number of anilines is 6. The molecule has 0 N–H and O–H groups in total. The summed E-state index contributed by atoms with van der Waals surface area (Å²) in [4.78, 5) is 18.4. The molecule has 4 atom stereocenters. The van der Waals surface area contributed by atoms with E-state index in [0.29, 0.717) is 18.5 Å². The average Bonchev–Trinajstić information content (AvgIpc) is 1.62. The number of nitrogens with zero attached hydrogens (tertiary/aromatic N) is 12. The predicted octanol–water partition coefficient (Wildman–Crippen LogP) is 17.5. The Morgan fingerprint density at radius 1 is 0.275 bits per heavy atom. The van der Waals surface area contributed by atoms with Crippen molar-refractivity contribution in [2.75, 3.05) is 52.7 Å². The lowest BCUT2D eigenvalue weighted by molar-refractivity contribution is -0.660. The van der Waals surface area contributed by atoms with Gasteiger partial charge in [0.25, 0.3) is 0 Å². The Morgan fingerprint density at radius 2 is 0.627 bits per heavy atom. The number of benzene rings is 7. The van der Waals surface area contributed by atoms with Crippen LogP contribution in [-0.4, -0.2) is 67.6 Å². The Morgan fingerprint density at radius 3 is 1.04 bits per heavy atom. The van der Waals surface area contributed by atoms with Gasteiger partial charge in [-0.05, 0) is 186 Å². The van der Waals surface area contributed by atoms with Crippen LogP contribution in [0.15, 0.2) is 268 Å². The van der Waals surface area contributed by atoms with Crippen molar-refractivity contribution in [1.29, 1.82) is 0 Å². The maximum atomic E-state index is 2.45. The highest BCUT2D eigenvalue weighted by Crippen LogP contribution is 2.46. The zero-order chi connectivity index (χ0) is 72.2. The molecule has 4 aromatic heterocycles. The number of aromatic nitrogens is 4. The summed E-state index contributed by atoms with van der Waals surface area (Å²) in [5, 5.41) is 0. The first-order valence-electron chi connectivity index (χ1n) is 35.7. The molecule has 0 saturated heterocycles. The number of aryl methyl sites for hydroxylation is 6. The van der Waals surface area contributed by atoms with Crippen molar-refractivity contribution in [3.8, 4) is 67.3 Å². The fourth-order valence-electron chi connectivity index (χ4n) is 14.5. The van der Waals surface area contributed by atoms with E-state index < -0.39 is 0 Å². The molecule has 8 heterocycles. The molecular weight excluding hydrogens is 1250 g/mol. The molecule has 518 valence electrons. The van der Waals surface area contributed by atoms with Gasteiger partial charge < -0.3 is 39.2 Å². The lowest BCUT2D eigenvalue weighted by Gasteiger charge is -2.29. The molecule has 0 spiro atoms. The fourth-order valence-corrected chi connectivity index (χ4v) is 14.5. The Kier molecular flexibility index (Phi) is 21.0. The number of para-hydroxylation sites is 2. The van der Waals surface area contributed by atoms with Gasteiger partial charge in [-0.2, -0.15) is 0 Å². The first-order chi connectivity index (χ1) is 49.1. The summed E-state index contributed by atoms with van der Waals surface area (Å²) in [5.41, 5.74) is 30.4. The van der Waals surface area contributed by atoms with Crippen LogP contribution in [0.4, 0.5) is 34.1 Å². The maximum absolute atomic E-state index is 2.45. The van der Waals surface area contributed by atoms with E-state index in [4.69, 9.17) is 0 Å². The first-order valence-corrected chi connectivity index (χ1v) is 35.7. The Bertz CT molecular complexity index is 4920. The van der Waals surface area contributed by atoms with Crippen LogP contribution in [0.5, 0.6) is 0 Å². The molecule has 0 radical (unpaired) electrons. The molecule has 15 rings (SSSR count). The fraction of sp³-hybridized carbons (Fsp3) is 0.244. The molecule has 7 aromatic carbocycles. The van der Waals surface area contributed by atoms with Gasteiger partial charge in [0.1, 0.15) is 52.9 Å². The van der Waals surface area contributed by atoms with E-state index in [0.717, 1.165) is 0 Å². The largest absolute Gasteiger partial charge is 0.359 e. The van der Waals surface area contributed by atoms with Crippen LogP contribution in [0.1, 0.15) is 61.1 Å². The van der Waals surface area contributed by atoms with Crippen molar-refractivity contribution in [2.24, 2.45) is 28.2 Å². The highest BCUT2D eigenvalue weighted by Gasteiger charge is 2.34. The normalized spacial score (nSPS) is 16.5. The lowest BCUT2D eigenvalue weighted by Crippen LogP contribution is -2.36. The van der Waals surface area contributed by atoms with Gasteiger partial charge in [-0.15, -0.1) is 0 Å². The molecule has 11 aromatic rings. The van der Waals surface area contributed by atoms with Crippen LogP contribution in [-0.2, 0) is 28.2 Å². The number of hydrogen-bond donors (Lipinski definition) is 0. The molecule has 12 nitrogen and oxygen atoms in total. The van der Waals surface area contributed by atoms with Gasteiger partial charge >= 0.3 is 0 Å². The summed E-state index contributed by atoms with van der Waals surface area (Å²) in [6.07, 6.45) is 22.8. The van der Waals surface area contributed by atoms with E-state index in [-0.39, 0.29) is 6.17 Å². The van der Waals surface area contributed by atoms with E-state index in [1.165, 1.54) is 135 Å². The minimum absolute atomic E-state index is 0.285. The summed E-state index contributed by atoms with van der Waals surface area (Å²) in [7, 11) is 17.0. The van der Waals surface area contributed by atoms with Gasteiger partial charge in [-0.25, -0.2) is 18.3 Å². The molecule has 4 aliphatic rings. The molecule has 12 heteroatoms. The molecule has 0 bridgehead atoms. The molecule has 0 amide bonds. The summed E-state index contributed by atoms with van der Waals surface area (Å²) < 4.78 is 8.82. The number of rotatable bonds is 10. The Balaban J connectivity index is 0.000000129. The van der Waals surface area contributed by atoms with E-state index in [1.807, 2.05) is 0 Å². The number of pyridine rings is 4. The zero-order valence-electron chi connectivity index (χ0n) is 63.1. The lowest BCUT2D eigenvalue weighted by atomic mass is 9.99. The molecule has 102 heavy (non-hydrogen) atoms. The second-order valence-corrected chi connectivity index (χ2v) is 27.9. The van der Waals surface area contributed by atoms with Crippen molar-refractivity contribution < 1.29 is 18.3 Å². The van der Waals surface area contributed by atoms with Gasteiger partial charge in [0.2, 0.25) is 22.8 Å². The molecule has 0 fully saturated rings. The van der Waals surface area contributed by atoms with E-state index in [2.05, 4.69) is 451 Å². The minimum atomic E-state index is 0.285. The van der Waals surface area contributed by atoms with Crippen LogP contribution in [0.3, 0.4) is 0 Å². The minimum Gasteiger partial charge on any atom is -0.359 e. The third-order valence-corrected chi connectivity index (χ3v) is 21.3. The van der Waals surface area contributed by atoms with Crippen molar-refractivity contribution in [3.05, 3.63) is 302 Å². The summed E-state index contributed by atoms with van der Waals surface area (Å²) in [6, 6.07) is 73.8. The SMILES string of the molecule is Cc1c(-c2cc(-c3ccccc3)cc[n+]2C)cccc1N1C=CN(C)[C@@H]1C.Cc1c(-c2ccc(-c3ccccc3)c[n+]2C)cccc1N1C=CN(C)[C@@H]1C.Cc1cc[n+](C)c(-c2cccc(N3C=CN(C)[C@@H]3C)c2C)c1.Cc1cc[n+](C)c(-c2cccc(N3c4ccccc4N(C)[C@@H]3C)c2C)c1. The predicted molar refractivity (Wildman–Crippen MR) is 424 cm³/mol. The standard InChI is InChI=1S/2C24H26N3.C23H26N3.C19H24N3/c1-18-22(11-8-12-23(18)27-16-15-25(3)19(27)2)24-17-21(13-14-26(24)4)20-9-6-5-7-10-20;1-18-22(11-8-12-23(18)27-16-15-25(3)19(27)2)24-14-13-21(17-26(24)4)20-9-6-5-7-10-20;1-16-13-14-24(4)23(15-16)19-9-8-12-20(17(19)2)26-18(3)25(5)21-10-6-7-11-22(21)26;1-14-9-10-21(5)19(13-14)17-7-6-8-18(15(17)2)22-12-11-20(4)16(22)3/h2*5-17,19H,1-4H3;6-15,18H,1-5H3;6-13,16H,1-5H3/q4*+1/t2*19-;18-;16-/m0000/s1. The van der Waals surface area contributed by atoms with Gasteiger partial charge in [0.15, 0.2) is 24.8 Å². The number of hydrogen-bond acceptors (Lipinski definition) is 8. The van der Waals surface area contributed by atoms with Crippen molar-refractivity contribution in [2.45, 2.75) is 93.9 Å². The maximum Gasteiger partial charge on any atom is 0.213 e. The third-order valence-electron chi connectivity index (χ3n) is 21.3. The van der Waals surface area contributed by atoms with E-state index in [1.54, 1.807) is 0 Å². The molecular formula is C90H102N12+4. The van der Waals surface area contributed by atoms with Crippen molar-refractivity contribution in [1.82, 2.24) is 14.7 Å². The smallest absolute Gasteiger partial charge is 0.213 e. The topological polar surface area (TPSA) is 41.4 Å². The highest BCUT2D eigenvalue weighted by atomic mass is 15.4. The summed E-state index contributed by atoms with van der Waals surface area (Å²) in [6.45, 7) is 22.1. The van der Waals surface area contributed by atoms with Crippen LogP contribution >= 0.6 is 0 Å². The zero-order valence-corrected chi connectivity index (χ0v) is 63.1. The summed E-state index contributed by atoms with van der Waals surface area (Å²) >= 11 is 0. The second-order valence-electron chi connectivity index (χ2n) is 27.9. The summed E-state index contributed by atoms with van der Waals surface area (Å²) in [5.74, 6) is 0. The van der Waals surface area contributed by atoms with Crippen LogP contribution < -0.4 is 42.8 Å². The van der Waals surface area contributed by atoms with Crippen LogP contribution in [0.25, 0.3) is 67.3 Å². The van der Waals surface area contributed by atoms with Gasteiger partial charge in [0, 0.05) is 136 Å². The molecule has 4 aliphatic heterocycles. The molecule has 0 unspecified atom stereocenters. The van der Waals surface area contributed by atoms with Crippen LogP contribution in [0, 0.1) is 41.5 Å². The second kappa shape index (κ2) is 30.3. The number of fused-ring (bicyclic) bond motifs is 1. The molecule has 0 saturated carbocycles. The van der Waals surface area contributed by atoms with Gasteiger partial charge in [-0.3, -0.25) is 0 Å².